The van der Waals surface area contributed by atoms with Crippen LogP contribution in [0.4, 0.5) is 5.69 Å². The van der Waals surface area contributed by atoms with Gasteiger partial charge >= 0.3 is 0 Å². The third kappa shape index (κ3) is 3.60. The van der Waals surface area contributed by atoms with Crippen LogP contribution < -0.4 is 4.90 Å². The summed E-state index contributed by atoms with van der Waals surface area (Å²) < 4.78 is 5.37. The number of hydrogen-bond donors (Lipinski definition) is 0. The first kappa shape index (κ1) is 16.9. The molecule has 24 heavy (non-hydrogen) atoms. The fraction of sp³-hybridized carbons (Fsp3) is 0.556. The monoisotopic (exact) mass is 331 g/mol. The molecular formula is C18H25N3O3. The molecule has 0 spiro atoms. The molecule has 1 aromatic rings. The number of carbonyl (C=O) groups is 2. The molecular weight excluding hydrogens is 306 g/mol. The molecule has 0 saturated carbocycles. The second kappa shape index (κ2) is 7.77. The maximum atomic E-state index is 12.9. The summed E-state index contributed by atoms with van der Waals surface area (Å²) in [6.07, 6.45) is 0.756. The third-order valence-electron chi connectivity index (χ3n) is 4.76. The van der Waals surface area contributed by atoms with Crippen LogP contribution in [0.5, 0.6) is 0 Å². The van der Waals surface area contributed by atoms with Gasteiger partial charge in [-0.1, -0.05) is 25.1 Å². The van der Waals surface area contributed by atoms with Crippen LogP contribution in [0, 0.1) is 0 Å². The molecule has 0 bridgehead atoms. The highest BCUT2D eigenvalue weighted by Crippen LogP contribution is 2.18. The Kier molecular flexibility index (Phi) is 5.48. The topological polar surface area (TPSA) is 53.1 Å². The SMILES string of the molecule is CC[C@H](C(=O)N1CCN(c2ccccc2)C(=O)C1)N1CCOCC1. The fourth-order valence-electron chi connectivity index (χ4n) is 3.43. The minimum Gasteiger partial charge on any atom is -0.379 e. The average molecular weight is 331 g/mol. The molecule has 130 valence electrons. The maximum absolute atomic E-state index is 12.9. The van der Waals surface area contributed by atoms with Crippen molar-refractivity contribution < 1.29 is 14.3 Å². The van der Waals surface area contributed by atoms with E-state index in [0.717, 1.165) is 25.2 Å². The van der Waals surface area contributed by atoms with Crippen molar-refractivity contribution in [3.05, 3.63) is 30.3 Å². The molecule has 0 aromatic heterocycles. The molecule has 0 radical (unpaired) electrons. The summed E-state index contributed by atoms with van der Waals surface area (Å²) in [4.78, 5) is 31.0. The van der Waals surface area contributed by atoms with Crippen molar-refractivity contribution in [2.75, 3.05) is 50.8 Å². The number of hydrogen-bond acceptors (Lipinski definition) is 4. The number of ether oxygens (including phenoxy) is 1. The Balaban J connectivity index is 1.64. The lowest BCUT2D eigenvalue weighted by Crippen LogP contribution is -2.58. The predicted octanol–water partition coefficient (Wildman–Crippen LogP) is 0.973. The van der Waals surface area contributed by atoms with Crippen molar-refractivity contribution in [3.8, 4) is 0 Å². The van der Waals surface area contributed by atoms with Gasteiger partial charge in [0.05, 0.1) is 19.3 Å². The van der Waals surface area contributed by atoms with Crippen LogP contribution in [0.1, 0.15) is 13.3 Å². The Labute approximate surface area is 143 Å². The second-order valence-corrected chi connectivity index (χ2v) is 6.21. The number of para-hydroxylation sites is 1. The van der Waals surface area contributed by atoms with Crippen molar-refractivity contribution >= 4 is 17.5 Å². The van der Waals surface area contributed by atoms with Gasteiger partial charge in [-0.05, 0) is 18.6 Å². The molecule has 0 unspecified atom stereocenters. The number of piperazine rings is 1. The van der Waals surface area contributed by atoms with Gasteiger partial charge in [-0.15, -0.1) is 0 Å². The molecule has 2 heterocycles. The molecule has 1 aromatic carbocycles. The summed E-state index contributed by atoms with van der Waals surface area (Å²) in [5.41, 5.74) is 0.898. The van der Waals surface area contributed by atoms with Gasteiger partial charge in [-0.2, -0.15) is 0 Å². The summed E-state index contributed by atoms with van der Waals surface area (Å²) >= 11 is 0. The lowest BCUT2D eigenvalue weighted by Gasteiger charge is -2.39. The van der Waals surface area contributed by atoms with E-state index in [-0.39, 0.29) is 24.4 Å². The summed E-state index contributed by atoms with van der Waals surface area (Å²) in [6, 6.07) is 9.49. The number of benzene rings is 1. The van der Waals surface area contributed by atoms with E-state index < -0.39 is 0 Å². The van der Waals surface area contributed by atoms with E-state index in [1.54, 1.807) is 9.80 Å². The largest absolute Gasteiger partial charge is 0.379 e. The average Bonchev–Trinajstić information content (AvgIpc) is 2.64. The van der Waals surface area contributed by atoms with E-state index in [4.69, 9.17) is 4.74 Å². The smallest absolute Gasteiger partial charge is 0.246 e. The zero-order chi connectivity index (χ0) is 16.9. The Morgan fingerprint density at radius 1 is 1.12 bits per heavy atom. The maximum Gasteiger partial charge on any atom is 0.246 e. The van der Waals surface area contributed by atoms with Crippen LogP contribution in [0.3, 0.4) is 0 Å². The van der Waals surface area contributed by atoms with Crippen molar-refractivity contribution in [1.29, 1.82) is 0 Å². The van der Waals surface area contributed by atoms with Crippen LogP contribution >= 0.6 is 0 Å². The number of rotatable bonds is 4. The molecule has 2 amide bonds. The second-order valence-electron chi connectivity index (χ2n) is 6.21. The summed E-state index contributed by atoms with van der Waals surface area (Å²) in [5, 5.41) is 0. The van der Waals surface area contributed by atoms with Gasteiger partial charge in [-0.3, -0.25) is 14.5 Å². The van der Waals surface area contributed by atoms with Crippen LogP contribution in [-0.4, -0.2) is 73.6 Å². The first-order valence-electron chi connectivity index (χ1n) is 8.66. The molecule has 2 aliphatic rings. The Morgan fingerprint density at radius 2 is 1.83 bits per heavy atom. The van der Waals surface area contributed by atoms with Crippen molar-refractivity contribution in [3.63, 3.8) is 0 Å². The van der Waals surface area contributed by atoms with Gasteiger partial charge in [-0.25, -0.2) is 0 Å². The van der Waals surface area contributed by atoms with Crippen LogP contribution in [-0.2, 0) is 14.3 Å². The molecule has 0 N–H and O–H groups in total. The van der Waals surface area contributed by atoms with E-state index in [1.165, 1.54) is 0 Å². The summed E-state index contributed by atoms with van der Waals surface area (Å²) in [5.74, 6) is 0.0538. The quantitative estimate of drug-likeness (QED) is 0.825. The number of anilines is 1. The lowest BCUT2D eigenvalue weighted by molar-refractivity contribution is -0.143. The standard InChI is InChI=1S/C18H25N3O3/c1-2-16(19-10-12-24-13-11-19)18(23)20-8-9-21(17(22)14-20)15-6-4-3-5-7-15/h3-7,16H,2,8-14H2,1H3/t16-/m1/s1. The van der Waals surface area contributed by atoms with Crippen molar-refractivity contribution in [1.82, 2.24) is 9.80 Å². The zero-order valence-electron chi connectivity index (χ0n) is 14.2. The van der Waals surface area contributed by atoms with Crippen molar-refractivity contribution in [2.24, 2.45) is 0 Å². The predicted molar refractivity (Wildman–Crippen MR) is 91.8 cm³/mol. The number of amides is 2. The first-order chi connectivity index (χ1) is 11.7. The highest BCUT2D eigenvalue weighted by Gasteiger charge is 2.34. The summed E-state index contributed by atoms with van der Waals surface area (Å²) in [7, 11) is 0. The molecule has 3 rings (SSSR count). The van der Waals surface area contributed by atoms with E-state index in [9.17, 15) is 9.59 Å². The molecule has 2 fully saturated rings. The third-order valence-corrected chi connectivity index (χ3v) is 4.76. The summed E-state index contributed by atoms with van der Waals surface area (Å²) in [6.45, 7) is 6.22. The zero-order valence-corrected chi connectivity index (χ0v) is 14.2. The molecule has 2 saturated heterocycles. The Bertz CT molecular complexity index is 572. The minimum absolute atomic E-state index is 0.0161. The lowest BCUT2D eigenvalue weighted by atomic mass is 10.1. The van der Waals surface area contributed by atoms with Gasteiger partial charge in [0, 0.05) is 31.9 Å². The Hall–Kier alpha value is -1.92. The minimum atomic E-state index is -0.148. The van der Waals surface area contributed by atoms with Crippen LogP contribution in [0.25, 0.3) is 0 Å². The van der Waals surface area contributed by atoms with Gasteiger partial charge in [0.15, 0.2) is 0 Å². The van der Waals surface area contributed by atoms with Crippen LogP contribution in [0.15, 0.2) is 30.3 Å². The highest BCUT2D eigenvalue weighted by atomic mass is 16.5. The fourth-order valence-corrected chi connectivity index (χ4v) is 3.43. The van der Waals surface area contributed by atoms with E-state index in [0.29, 0.717) is 26.3 Å². The van der Waals surface area contributed by atoms with Crippen LogP contribution in [0.2, 0.25) is 0 Å². The Morgan fingerprint density at radius 3 is 2.46 bits per heavy atom. The van der Waals surface area contributed by atoms with E-state index in [2.05, 4.69) is 4.90 Å². The number of carbonyl (C=O) groups excluding carboxylic acids is 2. The molecule has 1 atom stereocenters. The van der Waals surface area contributed by atoms with Gasteiger partial charge in [0.25, 0.3) is 0 Å². The number of morpholine rings is 1. The first-order valence-corrected chi connectivity index (χ1v) is 8.66. The van der Waals surface area contributed by atoms with E-state index in [1.807, 2.05) is 37.3 Å². The van der Waals surface area contributed by atoms with E-state index >= 15 is 0 Å². The molecule has 2 aliphatic heterocycles. The normalized spacial score (nSPS) is 21.0. The highest BCUT2D eigenvalue weighted by molar-refractivity contribution is 5.98. The number of nitrogens with zero attached hydrogens (tertiary/aromatic N) is 3. The van der Waals surface area contributed by atoms with Gasteiger partial charge in [0.1, 0.15) is 6.54 Å². The molecule has 0 aliphatic carbocycles. The molecule has 6 heteroatoms. The van der Waals surface area contributed by atoms with Gasteiger partial charge < -0.3 is 14.5 Å². The molecule has 6 nitrogen and oxygen atoms in total. The van der Waals surface area contributed by atoms with Gasteiger partial charge in [0.2, 0.25) is 11.8 Å². The van der Waals surface area contributed by atoms with Crippen molar-refractivity contribution in [2.45, 2.75) is 19.4 Å².